The molecule has 30 heavy (non-hydrogen) atoms. The van der Waals surface area contributed by atoms with Crippen LogP contribution in [-0.2, 0) is 16.0 Å². The Kier molecular flexibility index (Phi) is 6.27. The van der Waals surface area contributed by atoms with E-state index in [4.69, 9.17) is 32.9 Å². The van der Waals surface area contributed by atoms with Crippen molar-refractivity contribution in [1.82, 2.24) is 14.5 Å². The normalized spacial score (nSPS) is 15.5. The van der Waals surface area contributed by atoms with E-state index in [1.54, 1.807) is 30.3 Å². The van der Waals surface area contributed by atoms with Crippen LogP contribution in [0.15, 0.2) is 36.4 Å². The van der Waals surface area contributed by atoms with Crippen molar-refractivity contribution in [1.29, 1.82) is 0 Å². The zero-order valence-electron chi connectivity index (χ0n) is 16.6. The van der Waals surface area contributed by atoms with Crippen LogP contribution in [0.2, 0.25) is 10.0 Å². The van der Waals surface area contributed by atoms with Gasteiger partial charge in [-0.1, -0.05) is 48.3 Å². The van der Waals surface area contributed by atoms with Gasteiger partial charge in [0, 0.05) is 19.5 Å². The number of hydrogen-bond donors (Lipinski definition) is 0. The highest BCUT2D eigenvalue weighted by Crippen LogP contribution is 2.32. The fourth-order valence-corrected chi connectivity index (χ4v) is 4.20. The van der Waals surface area contributed by atoms with Crippen molar-refractivity contribution in [3.63, 3.8) is 0 Å². The van der Waals surface area contributed by atoms with E-state index in [-0.39, 0.29) is 18.1 Å². The van der Waals surface area contributed by atoms with Crippen LogP contribution < -0.4 is 0 Å². The average molecular weight is 450 g/mol. The minimum absolute atomic E-state index is 0.000885. The average Bonchev–Trinajstić information content (AvgIpc) is 3.08. The fourth-order valence-electron chi connectivity index (χ4n) is 3.89. The van der Waals surface area contributed by atoms with E-state index in [2.05, 4.69) is 0 Å². The Labute approximate surface area is 184 Å². The summed E-state index contributed by atoms with van der Waals surface area (Å²) in [6.07, 6.45) is 0.815. The molecule has 1 aliphatic heterocycles. The molecular weight excluding hydrogens is 428 g/mol. The third kappa shape index (κ3) is 4.04. The second-order valence-corrected chi connectivity index (χ2v) is 8.10. The number of fused-ring (bicyclic) bond motifs is 1. The van der Waals surface area contributed by atoms with Gasteiger partial charge < -0.3 is 14.2 Å². The van der Waals surface area contributed by atoms with Gasteiger partial charge in [-0.2, -0.15) is 0 Å². The molecule has 3 aromatic rings. The highest BCUT2D eigenvalue weighted by atomic mass is 35.5. The van der Waals surface area contributed by atoms with E-state index in [1.165, 1.54) is 6.07 Å². The van der Waals surface area contributed by atoms with Crippen molar-refractivity contribution >= 4 is 40.1 Å². The molecule has 0 N–H and O–H groups in total. The van der Waals surface area contributed by atoms with Crippen LogP contribution >= 0.6 is 23.2 Å². The van der Waals surface area contributed by atoms with Gasteiger partial charge in [-0.25, -0.2) is 9.37 Å². The lowest BCUT2D eigenvalue weighted by Crippen LogP contribution is -2.44. The minimum atomic E-state index is -0.480. The Hall–Kier alpha value is -2.15. The monoisotopic (exact) mass is 449 g/mol. The molecule has 1 atom stereocenters. The zero-order valence-corrected chi connectivity index (χ0v) is 18.1. The number of hydrogen-bond acceptors (Lipinski definition) is 3. The van der Waals surface area contributed by atoms with Gasteiger partial charge in [-0.3, -0.25) is 4.79 Å². The number of benzene rings is 2. The lowest BCUT2D eigenvalue weighted by atomic mass is 10.1. The zero-order chi connectivity index (χ0) is 21.3. The van der Waals surface area contributed by atoms with Crippen LogP contribution in [0.1, 0.15) is 30.8 Å². The molecule has 0 radical (unpaired) electrons. The van der Waals surface area contributed by atoms with Crippen molar-refractivity contribution in [2.75, 3.05) is 26.3 Å². The van der Waals surface area contributed by atoms with Gasteiger partial charge in [0.15, 0.2) is 0 Å². The number of carbonyl (C=O) groups excluding carboxylic acids is 1. The summed E-state index contributed by atoms with van der Waals surface area (Å²) in [6.45, 7) is 4.11. The minimum Gasteiger partial charge on any atom is -0.378 e. The molecule has 158 valence electrons. The molecule has 0 bridgehead atoms. The Bertz CT molecular complexity index is 1080. The molecular formula is C22H22Cl2FN3O2. The molecule has 0 unspecified atom stereocenters. The Morgan fingerprint density at radius 2 is 1.90 bits per heavy atom. The van der Waals surface area contributed by atoms with Gasteiger partial charge >= 0.3 is 0 Å². The summed E-state index contributed by atoms with van der Waals surface area (Å²) >= 11 is 12.5. The molecule has 1 amide bonds. The second kappa shape index (κ2) is 8.92. The Morgan fingerprint density at radius 1 is 1.20 bits per heavy atom. The molecule has 2 aromatic carbocycles. The Morgan fingerprint density at radius 3 is 2.60 bits per heavy atom. The van der Waals surface area contributed by atoms with E-state index >= 15 is 0 Å². The van der Waals surface area contributed by atoms with E-state index in [9.17, 15) is 9.18 Å². The SMILES string of the molecule is CC[C@H](C(=O)N1CCOCC1)n1c(Cc2ccccc2F)nc2cc(Cl)c(Cl)cc21. The number of amides is 1. The molecule has 4 rings (SSSR count). The molecule has 0 saturated carbocycles. The van der Waals surface area contributed by atoms with Gasteiger partial charge in [0.05, 0.1) is 34.3 Å². The molecule has 1 aliphatic rings. The number of imidazole rings is 1. The first-order valence-corrected chi connectivity index (χ1v) is 10.7. The lowest BCUT2D eigenvalue weighted by Gasteiger charge is -2.31. The van der Waals surface area contributed by atoms with Crippen LogP contribution in [0.5, 0.6) is 0 Å². The van der Waals surface area contributed by atoms with Crippen molar-refractivity contribution in [3.05, 3.63) is 63.6 Å². The highest BCUT2D eigenvalue weighted by molar-refractivity contribution is 6.42. The largest absolute Gasteiger partial charge is 0.378 e. The summed E-state index contributed by atoms with van der Waals surface area (Å²) in [7, 11) is 0. The summed E-state index contributed by atoms with van der Waals surface area (Å²) < 4.78 is 21.6. The maximum Gasteiger partial charge on any atom is 0.245 e. The van der Waals surface area contributed by atoms with Crippen LogP contribution in [0, 0.1) is 5.82 Å². The highest BCUT2D eigenvalue weighted by Gasteiger charge is 2.29. The van der Waals surface area contributed by atoms with E-state index < -0.39 is 6.04 Å². The number of rotatable bonds is 5. The predicted molar refractivity (Wildman–Crippen MR) is 116 cm³/mol. The number of halogens is 3. The molecule has 1 saturated heterocycles. The summed E-state index contributed by atoms with van der Waals surface area (Å²) in [5, 5.41) is 0.773. The third-order valence-electron chi connectivity index (χ3n) is 5.42. The molecule has 2 heterocycles. The number of aromatic nitrogens is 2. The lowest BCUT2D eigenvalue weighted by molar-refractivity contribution is -0.138. The number of morpholine rings is 1. The fraction of sp³-hybridized carbons (Fsp3) is 0.364. The quantitative estimate of drug-likeness (QED) is 0.557. The molecule has 8 heteroatoms. The third-order valence-corrected chi connectivity index (χ3v) is 6.14. The van der Waals surface area contributed by atoms with Crippen LogP contribution in [0.25, 0.3) is 11.0 Å². The predicted octanol–water partition coefficient (Wildman–Crippen LogP) is 4.88. The smallest absolute Gasteiger partial charge is 0.245 e. The summed E-state index contributed by atoms with van der Waals surface area (Å²) in [5.41, 5.74) is 1.85. The second-order valence-electron chi connectivity index (χ2n) is 7.28. The van der Waals surface area contributed by atoms with E-state index in [0.717, 1.165) is 0 Å². The Balaban J connectivity index is 1.83. The number of nitrogens with zero attached hydrogens (tertiary/aromatic N) is 3. The molecule has 1 fully saturated rings. The summed E-state index contributed by atoms with van der Waals surface area (Å²) in [4.78, 5) is 19.9. The van der Waals surface area contributed by atoms with Gasteiger partial charge in [-0.15, -0.1) is 0 Å². The number of ether oxygens (including phenoxy) is 1. The van der Waals surface area contributed by atoms with Crippen molar-refractivity contribution < 1.29 is 13.9 Å². The standard InChI is InChI=1S/C22H22Cl2FN3O2/c1-2-19(22(29)27-7-9-30-10-8-27)28-20-13-16(24)15(23)12-18(20)26-21(28)11-14-5-3-4-6-17(14)25/h3-6,12-13,19H,2,7-11H2,1H3/t19-/m1/s1. The van der Waals surface area contributed by atoms with Crippen LogP contribution in [0.3, 0.4) is 0 Å². The van der Waals surface area contributed by atoms with Gasteiger partial charge in [-0.05, 0) is 30.2 Å². The maximum absolute atomic E-state index is 14.4. The first-order valence-electron chi connectivity index (χ1n) is 9.95. The first-order chi connectivity index (χ1) is 14.5. The van der Waals surface area contributed by atoms with Crippen LogP contribution in [-0.4, -0.2) is 46.7 Å². The molecule has 5 nitrogen and oxygen atoms in total. The summed E-state index contributed by atoms with van der Waals surface area (Å²) in [5.74, 6) is 0.294. The summed E-state index contributed by atoms with van der Waals surface area (Å²) in [6, 6.07) is 9.52. The van der Waals surface area contributed by atoms with Crippen molar-refractivity contribution in [2.45, 2.75) is 25.8 Å². The van der Waals surface area contributed by atoms with Crippen molar-refractivity contribution in [2.24, 2.45) is 0 Å². The van der Waals surface area contributed by atoms with Gasteiger partial charge in [0.25, 0.3) is 0 Å². The van der Waals surface area contributed by atoms with Gasteiger partial charge in [0.1, 0.15) is 17.7 Å². The van der Waals surface area contributed by atoms with E-state index in [0.29, 0.717) is 65.2 Å². The first kappa shape index (κ1) is 21.1. The topological polar surface area (TPSA) is 47.4 Å². The van der Waals surface area contributed by atoms with Crippen molar-refractivity contribution in [3.8, 4) is 0 Å². The number of carbonyl (C=O) groups is 1. The molecule has 0 spiro atoms. The molecule has 1 aromatic heterocycles. The van der Waals surface area contributed by atoms with E-state index in [1.807, 2.05) is 16.4 Å². The maximum atomic E-state index is 14.4. The molecule has 0 aliphatic carbocycles. The van der Waals surface area contributed by atoms with Gasteiger partial charge in [0.2, 0.25) is 5.91 Å². The van der Waals surface area contributed by atoms with Crippen LogP contribution in [0.4, 0.5) is 4.39 Å².